The molecule has 8 heteroatoms. The number of likely N-dealkylation sites (tertiary alicyclic amines) is 1. The zero-order valence-electron chi connectivity index (χ0n) is 15.7. The summed E-state index contributed by atoms with van der Waals surface area (Å²) in [6, 6.07) is -0.670. The lowest BCUT2D eigenvalue weighted by molar-refractivity contribution is -0.138. The highest BCUT2D eigenvalue weighted by atomic mass is 16.6. The standard InChI is InChI=1S/C18H31N3O5/c1-12(2)11-13(20-17(23)14-15(26-14)18(24)25)16(22)19-7-6-10-21-8-4-3-5-9-21/h12-15H,3-11H2,1-2H3,(H,19,22)(H,20,23)(H,24,25)/t13-,14-,15-/m0/s1. The summed E-state index contributed by atoms with van der Waals surface area (Å²) in [5.41, 5.74) is 0. The van der Waals surface area contributed by atoms with Crippen molar-refractivity contribution in [3.05, 3.63) is 0 Å². The van der Waals surface area contributed by atoms with Crippen molar-refractivity contribution in [2.45, 2.75) is 64.2 Å². The van der Waals surface area contributed by atoms with Crippen LogP contribution >= 0.6 is 0 Å². The lowest BCUT2D eigenvalue weighted by Crippen LogP contribution is -2.49. The minimum Gasteiger partial charge on any atom is -0.479 e. The molecule has 2 amide bonds. The molecule has 8 nitrogen and oxygen atoms in total. The van der Waals surface area contributed by atoms with Gasteiger partial charge in [0, 0.05) is 6.54 Å². The Kier molecular flexibility index (Phi) is 7.84. The fourth-order valence-electron chi connectivity index (χ4n) is 3.28. The second-order valence-corrected chi connectivity index (χ2v) is 7.55. The molecule has 2 saturated heterocycles. The van der Waals surface area contributed by atoms with E-state index in [1.807, 2.05) is 13.8 Å². The molecule has 3 N–H and O–H groups in total. The lowest BCUT2D eigenvalue weighted by Gasteiger charge is -2.26. The number of piperidine rings is 1. The van der Waals surface area contributed by atoms with Gasteiger partial charge in [-0.2, -0.15) is 0 Å². The van der Waals surface area contributed by atoms with E-state index in [1.54, 1.807) is 0 Å². The van der Waals surface area contributed by atoms with E-state index in [-0.39, 0.29) is 11.8 Å². The monoisotopic (exact) mass is 369 g/mol. The van der Waals surface area contributed by atoms with Crippen LogP contribution in [0, 0.1) is 5.92 Å². The SMILES string of the molecule is CC(C)C[C@H](NC(=O)[C@H]1O[C@@H]1C(=O)O)C(=O)NCCCN1CCCCC1. The number of rotatable bonds is 10. The minimum atomic E-state index is -1.16. The van der Waals surface area contributed by atoms with Crippen molar-refractivity contribution in [1.82, 2.24) is 15.5 Å². The highest BCUT2D eigenvalue weighted by molar-refractivity contribution is 5.95. The van der Waals surface area contributed by atoms with E-state index >= 15 is 0 Å². The lowest BCUT2D eigenvalue weighted by atomic mass is 10.0. The summed E-state index contributed by atoms with van der Waals surface area (Å²) in [7, 11) is 0. The number of carbonyl (C=O) groups is 3. The summed E-state index contributed by atoms with van der Waals surface area (Å²) < 4.78 is 4.84. The Bertz CT molecular complexity index is 505. The van der Waals surface area contributed by atoms with Crippen molar-refractivity contribution < 1.29 is 24.2 Å². The molecule has 0 unspecified atom stereocenters. The Balaban J connectivity index is 1.73. The molecule has 0 aromatic carbocycles. The number of ether oxygens (including phenoxy) is 1. The number of amides is 2. The van der Waals surface area contributed by atoms with Gasteiger partial charge in [0.1, 0.15) is 6.04 Å². The number of carboxylic acid groups (broad SMARTS) is 1. The van der Waals surface area contributed by atoms with Gasteiger partial charge in [-0.15, -0.1) is 0 Å². The van der Waals surface area contributed by atoms with Gasteiger partial charge in [-0.25, -0.2) is 4.79 Å². The number of hydrogen-bond acceptors (Lipinski definition) is 5. The van der Waals surface area contributed by atoms with Crippen LogP contribution in [-0.2, 0) is 19.1 Å². The van der Waals surface area contributed by atoms with E-state index in [4.69, 9.17) is 9.84 Å². The van der Waals surface area contributed by atoms with Crippen LogP contribution in [0.1, 0.15) is 46.0 Å². The highest BCUT2D eigenvalue weighted by Crippen LogP contribution is 2.22. The van der Waals surface area contributed by atoms with Crippen LogP contribution in [0.25, 0.3) is 0 Å². The van der Waals surface area contributed by atoms with Crippen molar-refractivity contribution in [2.75, 3.05) is 26.2 Å². The Hall–Kier alpha value is -1.67. The molecule has 0 bridgehead atoms. The normalized spacial score (nSPS) is 24.1. The summed E-state index contributed by atoms with van der Waals surface area (Å²) in [5, 5.41) is 14.3. The van der Waals surface area contributed by atoms with Gasteiger partial charge in [-0.05, 0) is 51.2 Å². The third kappa shape index (κ3) is 6.57. The molecular formula is C18H31N3O5. The van der Waals surface area contributed by atoms with Crippen molar-refractivity contribution >= 4 is 17.8 Å². The van der Waals surface area contributed by atoms with E-state index in [0.29, 0.717) is 13.0 Å². The molecule has 0 aromatic rings. The predicted molar refractivity (Wildman–Crippen MR) is 95.6 cm³/mol. The first-order valence-corrected chi connectivity index (χ1v) is 9.57. The summed E-state index contributed by atoms with van der Waals surface area (Å²) in [6.07, 6.45) is 3.08. The van der Waals surface area contributed by atoms with Gasteiger partial charge < -0.3 is 25.4 Å². The summed E-state index contributed by atoms with van der Waals surface area (Å²) >= 11 is 0. The van der Waals surface area contributed by atoms with Gasteiger partial charge in [0.05, 0.1) is 0 Å². The summed E-state index contributed by atoms with van der Waals surface area (Å²) in [5.74, 6) is -1.70. The van der Waals surface area contributed by atoms with Gasteiger partial charge in [0.2, 0.25) is 5.91 Å². The average Bonchev–Trinajstić information content (AvgIpc) is 3.39. The fraction of sp³-hybridized carbons (Fsp3) is 0.833. The molecule has 148 valence electrons. The van der Waals surface area contributed by atoms with Crippen LogP contribution < -0.4 is 10.6 Å². The van der Waals surface area contributed by atoms with Crippen molar-refractivity contribution in [2.24, 2.45) is 5.92 Å². The Labute approximate surface area is 154 Å². The van der Waals surface area contributed by atoms with E-state index in [9.17, 15) is 14.4 Å². The van der Waals surface area contributed by atoms with Gasteiger partial charge in [0.25, 0.3) is 5.91 Å². The maximum Gasteiger partial charge on any atom is 0.336 e. The second kappa shape index (κ2) is 9.87. The number of nitrogens with zero attached hydrogens (tertiary/aromatic N) is 1. The van der Waals surface area contributed by atoms with E-state index in [2.05, 4.69) is 15.5 Å². The number of carbonyl (C=O) groups excluding carboxylic acids is 2. The average molecular weight is 369 g/mol. The summed E-state index contributed by atoms with van der Waals surface area (Å²) in [6.45, 7) is 7.74. The smallest absolute Gasteiger partial charge is 0.336 e. The van der Waals surface area contributed by atoms with Crippen molar-refractivity contribution in [1.29, 1.82) is 0 Å². The quantitative estimate of drug-likeness (QED) is 0.379. The van der Waals surface area contributed by atoms with E-state index in [1.165, 1.54) is 19.3 Å². The molecule has 2 fully saturated rings. The largest absolute Gasteiger partial charge is 0.479 e. The highest BCUT2D eigenvalue weighted by Gasteiger charge is 2.51. The van der Waals surface area contributed by atoms with E-state index < -0.39 is 30.1 Å². The molecule has 0 saturated carbocycles. The Morgan fingerprint density at radius 3 is 2.42 bits per heavy atom. The zero-order chi connectivity index (χ0) is 19.1. The first kappa shape index (κ1) is 20.6. The molecule has 2 aliphatic heterocycles. The molecule has 0 aliphatic carbocycles. The third-order valence-electron chi connectivity index (χ3n) is 4.73. The topological polar surface area (TPSA) is 111 Å². The zero-order valence-corrected chi connectivity index (χ0v) is 15.7. The Morgan fingerprint density at radius 2 is 1.85 bits per heavy atom. The number of hydrogen-bond donors (Lipinski definition) is 3. The van der Waals surface area contributed by atoms with Gasteiger partial charge in [-0.1, -0.05) is 20.3 Å². The molecule has 0 spiro atoms. The van der Waals surface area contributed by atoms with Crippen LogP contribution in [0.5, 0.6) is 0 Å². The van der Waals surface area contributed by atoms with Gasteiger partial charge in [0.15, 0.2) is 12.2 Å². The number of epoxide rings is 1. The maximum absolute atomic E-state index is 12.4. The van der Waals surface area contributed by atoms with Crippen molar-refractivity contribution in [3.8, 4) is 0 Å². The molecule has 2 rings (SSSR count). The van der Waals surface area contributed by atoms with Gasteiger partial charge >= 0.3 is 5.97 Å². The van der Waals surface area contributed by atoms with Crippen LogP contribution in [-0.4, -0.2) is 72.2 Å². The minimum absolute atomic E-state index is 0.217. The first-order valence-electron chi connectivity index (χ1n) is 9.57. The fourth-order valence-corrected chi connectivity index (χ4v) is 3.28. The van der Waals surface area contributed by atoms with Crippen LogP contribution in [0.3, 0.4) is 0 Å². The number of nitrogens with one attached hydrogen (secondary N) is 2. The Morgan fingerprint density at radius 1 is 1.15 bits per heavy atom. The third-order valence-corrected chi connectivity index (χ3v) is 4.73. The predicted octanol–water partition coefficient (Wildman–Crippen LogP) is 0.362. The second-order valence-electron chi connectivity index (χ2n) is 7.55. The summed E-state index contributed by atoms with van der Waals surface area (Å²) in [4.78, 5) is 37.7. The molecular weight excluding hydrogens is 338 g/mol. The molecule has 0 aromatic heterocycles. The van der Waals surface area contributed by atoms with Gasteiger partial charge in [-0.3, -0.25) is 9.59 Å². The van der Waals surface area contributed by atoms with Crippen LogP contribution in [0.4, 0.5) is 0 Å². The van der Waals surface area contributed by atoms with Crippen LogP contribution in [0.15, 0.2) is 0 Å². The van der Waals surface area contributed by atoms with Crippen LogP contribution in [0.2, 0.25) is 0 Å². The molecule has 0 radical (unpaired) electrons. The molecule has 2 aliphatic rings. The van der Waals surface area contributed by atoms with Crippen molar-refractivity contribution in [3.63, 3.8) is 0 Å². The van der Waals surface area contributed by atoms with E-state index in [0.717, 1.165) is 26.1 Å². The molecule has 26 heavy (non-hydrogen) atoms. The number of aliphatic carboxylic acids is 1. The molecule has 2 heterocycles. The maximum atomic E-state index is 12.4. The first-order chi connectivity index (χ1) is 12.4. The molecule has 3 atom stereocenters. The number of carboxylic acids is 1.